The van der Waals surface area contributed by atoms with Crippen molar-refractivity contribution in [2.75, 3.05) is 7.05 Å². The van der Waals surface area contributed by atoms with Crippen LogP contribution in [0.1, 0.15) is 40.9 Å². The molecule has 3 rings (SSSR count). The second-order valence-electron chi connectivity index (χ2n) is 5.98. The van der Waals surface area contributed by atoms with Crippen molar-refractivity contribution in [1.29, 1.82) is 0 Å². The highest BCUT2D eigenvalue weighted by molar-refractivity contribution is 7.11. The molecule has 1 aromatic carbocycles. The maximum absolute atomic E-state index is 13.1. The molecule has 1 unspecified atom stereocenters. The number of thiazole rings is 1. The fourth-order valence-corrected chi connectivity index (χ4v) is 4.17. The molecule has 1 aliphatic rings. The van der Waals surface area contributed by atoms with Gasteiger partial charge in [-0.1, -0.05) is 12.1 Å². The van der Waals surface area contributed by atoms with Gasteiger partial charge in [0, 0.05) is 4.88 Å². The zero-order valence-electron chi connectivity index (χ0n) is 12.6. The van der Waals surface area contributed by atoms with Crippen molar-refractivity contribution >= 4 is 11.3 Å². The van der Waals surface area contributed by atoms with Gasteiger partial charge in [-0.2, -0.15) is 0 Å². The lowest BCUT2D eigenvalue weighted by Crippen LogP contribution is -2.39. The molecule has 2 aromatic rings. The van der Waals surface area contributed by atoms with Gasteiger partial charge in [0.15, 0.2) is 0 Å². The first-order valence-corrected chi connectivity index (χ1v) is 8.35. The summed E-state index contributed by atoms with van der Waals surface area (Å²) in [5.74, 6) is -0.186. The van der Waals surface area contributed by atoms with Crippen LogP contribution < -0.4 is 5.32 Å². The standard InChI is InChI=1S/C17H21FN2S/c1-17(19-2,11-12-7-9-13(18)10-8-12)16-20-14-5-3-4-6-15(14)21-16/h7-10,19H,3-6,11H2,1-2H3. The van der Waals surface area contributed by atoms with Crippen LogP contribution in [0.15, 0.2) is 24.3 Å². The number of aryl methyl sites for hydroxylation is 2. The molecular weight excluding hydrogens is 283 g/mol. The summed E-state index contributed by atoms with van der Waals surface area (Å²) in [7, 11) is 1.98. The summed E-state index contributed by atoms with van der Waals surface area (Å²) in [4.78, 5) is 6.34. The zero-order chi connectivity index (χ0) is 14.9. The maximum Gasteiger partial charge on any atom is 0.123 e. The number of aromatic nitrogens is 1. The Balaban J connectivity index is 1.88. The predicted octanol–water partition coefficient (Wildman–Crippen LogP) is 3.84. The molecule has 0 spiro atoms. The van der Waals surface area contributed by atoms with Crippen molar-refractivity contribution in [3.8, 4) is 0 Å². The first kappa shape index (κ1) is 14.7. The van der Waals surface area contributed by atoms with Crippen molar-refractivity contribution in [2.45, 2.75) is 44.6 Å². The minimum absolute atomic E-state index is 0.186. The molecule has 21 heavy (non-hydrogen) atoms. The third kappa shape index (κ3) is 3.01. The molecule has 1 heterocycles. The minimum atomic E-state index is -0.195. The largest absolute Gasteiger partial charge is 0.308 e. The number of nitrogens with zero attached hydrogens (tertiary/aromatic N) is 1. The van der Waals surface area contributed by atoms with Gasteiger partial charge in [-0.05, 0) is 63.8 Å². The van der Waals surface area contributed by atoms with Gasteiger partial charge in [0.25, 0.3) is 0 Å². The highest BCUT2D eigenvalue weighted by Crippen LogP contribution is 2.34. The van der Waals surface area contributed by atoms with Crippen molar-refractivity contribution < 1.29 is 4.39 Å². The highest BCUT2D eigenvalue weighted by atomic mass is 32.1. The van der Waals surface area contributed by atoms with E-state index in [0.717, 1.165) is 23.4 Å². The topological polar surface area (TPSA) is 24.9 Å². The lowest BCUT2D eigenvalue weighted by atomic mass is 9.93. The van der Waals surface area contributed by atoms with E-state index >= 15 is 0 Å². The quantitative estimate of drug-likeness (QED) is 0.928. The summed E-state index contributed by atoms with van der Waals surface area (Å²) in [5, 5.41) is 4.58. The predicted molar refractivity (Wildman–Crippen MR) is 85.3 cm³/mol. The number of likely N-dealkylation sites (N-methyl/N-ethyl adjacent to an activating group) is 1. The van der Waals surface area contributed by atoms with E-state index in [2.05, 4.69) is 12.2 Å². The third-order valence-electron chi connectivity index (χ3n) is 4.34. The van der Waals surface area contributed by atoms with E-state index in [1.807, 2.05) is 30.5 Å². The molecule has 4 heteroatoms. The Morgan fingerprint density at radius 1 is 1.24 bits per heavy atom. The summed E-state index contributed by atoms with van der Waals surface area (Å²) in [6.45, 7) is 2.18. The van der Waals surface area contributed by atoms with Crippen LogP contribution in [0.3, 0.4) is 0 Å². The Morgan fingerprint density at radius 3 is 2.62 bits per heavy atom. The van der Waals surface area contributed by atoms with Crippen LogP contribution in [0, 0.1) is 5.82 Å². The first-order chi connectivity index (χ1) is 10.1. The van der Waals surface area contributed by atoms with Crippen LogP contribution in [0.2, 0.25) is 0 Å². The Morgan fingerprint density at radius 2 is 1.95 bits per heavy atom. The van der Waals surface area contributed by atoms with E-state index in [0.29, 0.717) is 0 Å². The van der Waals surface area contributed by atoms with E-state index in [1.165, 1.54) is 42.0 Å². The second-order valence-corrected chi connectivity index (χ2v) is 7.06. The van der Waals surface area contributed by atoms with Crippen molar-refractivity contribution in [3.05, 3.63) is 51.2 Å². The Hall–Kier alpha value is -1.26. The summed E-state index contributed by atoms with van der Waals surface area (Å²) in [6.07, 6.45) is 5.63. The van der Waals surface area contributed by atoms with E-state index < -0.39 is 0 Å². The van der Waals surface area contributed by atoms with E-state index in [9.17, 15) is 4.39 Å². The summed E-state index contributed by atoms with van der Waals surface area (Å²) in [6, 6.07) is 6.77. The molecule has 1 atom stereocenters. The number of rotatable bonds is 4. The van der Waals surface area contributed by atoms with Gasteiger partial charge < -0.3 is 5.32 Å². The molecule has 1 aromatic heterocycles. The third-order valence-corrected chi connectivity index (χ3v) is 5.76. The molecule has 1 aliphatic carbocycles. The van der Waals surface area contributed by atoms with Crippen LogP contribution in [0.5, 0.6) is 0 Å². The molecule has 0 amide bonds. The molecule has 0 radical (unpaired) electrons. The minimum Gasteiger partial charge on any atom is -0.308 e. The first-order valence-electron chi connectivity index (χ1n) is 7.53. The number of hydrogen-bond acceptors (Lipinski definition) is 3. The normalized spacial score (nSPS) is 17.3. The second kappa shape index (κ2) is 5.85. The van der Waals surface area contributed by atoms with Crippen LogP contribution >= 0.6 is 11.3 Å². The van der Waals surface area contributed by atoms with Crippen molar-refractivity contribution in [3.63, 3.8) is 0 Å². The van der Waals surface area contributed by atoms with Crippen LogP contribution in [-0.2, 0) is 24.8 Å². The maximum atomic E-state index is 13.1. The smallest absolute Gasteiger partial charge is 0.123 e. The van der Waals surface area contributed by atoms with E-state index in [-0.39, 0.29) is 11.4 Å². The van der Waals surface area contributed by atoms with Crippen molar-refractivity contribution in [2.24, 2.45) is 0 Å². The Bertz CT molecular complexity index is 597. The molecule has 2 nitrogen and oxygen atoms in total. The number of benzene rings is 1. The van der Waals surface area contributed by atoms with Gasteiger partial charge in [0.2, 0.25) is 0 Å². The van der Waals surface area contributed by atoms with Gasteiger partial charge in [0.05, 0.1) is 11.2 Å². The fourth-order valence-electron chi connectivity index (χ4n) is 2.87. The highest BCUT2D eigenvalue weighted by Gasteiger charge is 2.30. The average Bonchev–Trinajstić information content (AvgIpc) is 2.94. The number of hydrogen-bond donors (Lipinski definition) is 1. The van der Waals surface area contributed by atoms with Gasteiger partial charge in [-0.25, -0.2) is 9.37 Å². The number of halogens is 1. The van der Waals surface area contributed by atoms with Gasteiger partial charge in [-0.3, -0.25) is 0 Å². The van der Waals surface area contributed by atoms with Gasteiger partial charge >= 0.3 is 0 Å². The van der Waals surface area contributed by atoms with E-state index in [1.54, 1.807) is 0 Å². The SMILES string of the molecule is CNC(C)(Cc1ccc(F)cc1)c1nc2c(s1)CCCC2. The van der Waals surface area contributed by atoms with Crippen LogP contribution in [-0.4, -0.2) is 12.0 Å². The number of fused-ring (bicyclic) bond motifs is 1. The van der Waals surface area contributed by atoms with Gasteiger partial charge in [-0.15, -0.1) is 11.3 Å². The van der Waals surface area contributed by atoms with Crippen molar-refractivity contribution in [1.82, 2.24) is 10.3 Å². The molecule has 0 saturated carbocycles. The molecular formula is C17H21FN2S. The van der Waals surface area contributed by atoms with Crippen LogP contribution in [0.25, 0.3) is 0 Å². The summed E-state index contributed by atoms with van der Waals surface area (Å²) >= 11 is 1.84. The Labute approximate surface area is 129 Å². The summed E-state index contributed by atoms with van der Waals surface area (Å²) in [5.41, 5.74) is 2.23. The lowest BCUT2D eigenvalue weighted by molar-refractivity contribution is 0.394. The molecule has 1 N–H and O–H groups in total. The molecule has 112 valence electrons. The average molecular weight is 304 g/mol. The van der Waals surface area contributed by atoms with Crippen LogP contribution in [0.4, 0.5) is 4.39 Å². The van der Waals surface area contributed by atoms with E-state index in [4.69, 9.17) is 4.98 Å². The molecule has 0 bridgehead atoms. The van der Waals surface area contributed by atoms with Gasteiger partial charge in [0.1, 0.15) is 10.8 Å². The molecule has 0 aliphatic heterocycles. The lowest BCUT2D eigenvalue weighted by Gasteiger charge is -2.27. The summed E-state index contributed by atoms with van der Waals surface area (Å²) < 4.78 is 13.1. The zero-order valence-corrected chi connectivity index (χ0v) is 13.4. The monoisotopic (exact) mass is 304 g/mol. The Kier molecular flexibility index (Phi) is 4.09. The number of nitrogens with one attached hydrogen (secondary N) is 1. The fraction of sp³-hybridized carbons (Fsp3) is 0.471. The molecule has 0 fully saturated rings. The molecule has 0 saturated heterocycles.